The van der Waals surface area contributed by atoms with Gasteiger partial charge in [-0.25, -0.2) is 8.42 Å². The highest BCUT2D eigenvalue weighted by atomic mass is 32.2. The van der Waals surface area contributed by atoms with Crippen molar-refractivity contribution in [3.05, 3.63) is 11.9 Å². The molecular weight excluding hydrogens is 298 g/mol. The molecule has 0 radical (unpaired) electrons. The van der Waals surface area contributed by atoms with E-state index in [0.717, 1.165) is 25.7 Å². The van der Waals surface area contributed by atoms with E-state index in [1.807, 2.05) is 25.5 Å². The summed E-state index contributed by atoms with van der Waals surface area (Å²) in [5.41, 5.74) is 0.442. The first-order valence-corrected chi connectivity index (χ1v) is 9.84. The number of hydrogen-bond acceptors (Lipinski definition) is 3. The minimum absolute atomic E-state index is 0.272. The molecule has 22 heavy (non-hydrogen) atoms. The second-order valence-corrected chi connectivity index (χ2v) is 9.53. The van der Waals surface area contributed by atoms with Crippen molar-refractivity contribution in [3.63, 3.8) is 0 Å². The van der Waals surface area contributed by atoms with Crippen LogP contribution in [0.5, 0.6) is 0 Å². The highest BCUT2D eigenvalue weighted by Crippen LogP contribution is 2.35. The predicted octanol–water partition coefficient (Wildman–Crippen LogP) is 3.08. The second-order valence-electron chi connectivity index (χ2n) is 7.62. The molecule has 2 heterocycles. The minimum Gasteiger partial charge on any atom is -0.268 e. The van der Waals surface area contributed by atoms with Gasteiger partial charge in [-0.1, -0.05) is 33.6 Å². The molecule has 0 bridgehead atoms. The van der Waals surface area contributed by atoms with Crippen LogP contribution in [0, 0.1) is 0 Å². The summed E-state index contributed by atoms with van der Waals surface area (Å²) in [7, 11) is -3.41. The first-order chi connectivity index (χ1) is 10.3. The van der Waals surface area contributed by atoms with Crippen LogP contribution in [0.2, 0.25) is 0 Å². The van der Waals surface area contributed by atoms with Gasteiger partial charge in [0.05, 0.1) is 11.7 Å². The van der Waals surface area contributed by atoms with Crippen LogP contribution in [0.1, 0.15) is 71.0 Å². The van der Waals surface area contributed by atoms with E-state index in [9.17, 15) is 8.42 Å². The molecule has 1 aliphatic carbocycles. The third-order valence-electron chi connectivity index (χ3n) is 4.79. The molecule has 0 atom stereocenters. The SMILES string of the molecule is CC(C)(C)c1nn(C2CCCC2)cc1S(=O)(=O)N1CCCC1. The molecule has 2 aliphatic rings. The Morgan fingerprint density at radius 3 is 2.23 bits per heavy atom. The Balaban J connectivity index is 2.04. The number of hydrogen-bond donors (Lipinski definition) is 0. The Morgan fingerprint density at radius 2 is 1.68 bits per heavy atom. The molecule has 1 aromatic heterocycles. The van der Waals surface area contributed by atoms with Gasteiger partial charge in [-0.2, -0.15) is 9.40 Å². The second kappa shape index (κ2) is 5.64. The molecule has 0 N–H and O–H groups in total. The standard InChI is InChI=1S/C16H27N3O2S/c1-16(2,3)15-14(22(20,21)18-10-6-7-11-18)12-19(17-15)13-8-4-5-9-13/h12-13H,4-11H2,1-3H3. The van der Waals surface area contributed by atoms with E-state index in [1.165, 1.54) is 12.8 Å². The molecular formula is C16H27N3O2S. The lowest BCUT2D eigenvalue weighted by molar-refractivity contribution is 0.448. The lowest BCUT2D eigenvalue weighted by Crippen LogP contribution is -2.29. The van der Waals surface area contributed by atoms with Gasteiger partial charge >= 0.3 is 0 Å². The van der Waals surface area contributed by atoms with Gasteiger partial charge in [-0.15, -0.1) is 0 Å². The number of nitrogens with zero attached hydrogens (tertiary/aromatic N) is 3. The topological polar surface area (TPSA) is 55.2 Å². The molecule has 5 nitrogen and oxygen atoms in total. The molecule has 124 valence electrons. The number of sulfonamides is 1. The van der Waals surface area contributed by atoms with Crippen molar-refractivity contribution >= 4 is 10.0 Å². The fourth-order valence-electron chi connectivity index (χ4n) is 3.51. The third-order valence-corrected chi connectivity index (χ3v) is 6.69. The first kappa shape index (κ1) is 16.0. The maximum absolute atomic E-state index is 13.0. The van der Waals surface area contributed by atoms with Crippen molar-refractivity contribution in [1.29, 1.82) is 0 Å². The quantitative estimate of drug-likeness (QED) is 0.858. The molecule has 6 heteroatoms. The Kier molecular flexibility index (Phi) is 4.10. The van der Waals surface area contributed by atoms with Crippen molar-refractivity contribution in [3.8, 4) is 0 Å². The molecule has 1 saturated heterocycles. The summed E-state index contributed by atoms with van der Waals surface area (Å²) in [5.74, 6) is 0. The maximum Gasteiger partial charge on any atom is 0.246 e. The van der Waals surface area contributed by atoms with Crippen LogP contribution in [0.15, 0.2) is 11.1 Å². The van der Waals surface area contributed by atoms with Gasteiger partial charge in [-0.05, 0) is 25.7 Å². The summed E-state index contributed by atoms with van der Waals surface area (Å²) in [6.45, 7) is 7.40. The molecule has 0 unspecified atom stereocenters. The van der Waals surface area contributed by atoms with Crippen molar-refractivity contribution < 1.29 is 8.42 Å². The van der Waals surface area contributed by atoms with Crippen LogP contribution in [-0.4, -0.2) is 35.6 Å². The first-order valence-electron chi connectivity index (χ1n) is 8.40. The zero-order chi connectivity index (χ0) is 16.0. The van der Waals surface area contributed by atoms with Crippen LogP contribution in [0.3, 0.4) is 0 Å². The molecule has 1 saturated carbocycles. The molecule has 0 aromatic carbocycles. The van der Waals surface area contributed by atoms with Crippen molar-refractivity contribution in [1.82, 2.24) is 14.1 Å². The molecule has 2 fully saturated rings. The summed E-state index contributed by atoms with van der Waals surface area (Å²) in [5, 5.41) is 4.71. The average molecular weight is 325 g/mol. The van der Waals surface area contributed by atoms with Crippen molar-refractivity contribution in [2.75, 3.05) is 13.1 Å². The van der Waals surface area contributed by atoms with E-state index in [4.69, 9.17) is 5.10 Å². The van der Waals surface area contributed by atoms with Gasteiger partial charge in [0.2, 0.25) is 10.0 Å². The molecule has 0 spiro atoms. The van der Waals surface area contributed by atoms with Crippen molar-refractivity contribution in [2.45, 2.75) is 75.6 Å². The fraction of sp³-hybridized carbons (Fsp3) is 0.812. The van der Waals surface area contributed by atoms with E-state index in [2.05, 4.69) is 0 Å². The Bertz CT molecular complexity index is 631. The van der Waals surface area contributed by atoms with E-state index < -0.39 is 10.0 Å². The Labute approximate surface area is 133 Å². The zero-order valence-corrected chi connectivity index (χ0v) is 14.7. The summed E-state index contributed by atoms with van der Waals surface area (Å²) >= 11 is 0. The van der Waals surface area contributed by atoms with Gasteiger partial charge in [0, 0.05) is 24.7 Å². The van der Waals surface area contributed by atoms with E-state index in [-0.39, 0.29) is 5.41 Å². The van der Waals surface area contributed by atoms with Crippen LogP contribution >= 0.6 is 0 Å². The van der Waals surface area contributed by atoms with E-state index in [0.29, 0.717) is 29.7 Å². The largest absolute Gasteiger partial charge is 0.268 e. The van der Waals surface area contributed by atoms with Gasteiger partial charge in [0.15, 0.2) is 0 Å². The van der Waals surface area contributed by atoms with Gasteiger partial charge in [0.1, 0.15) is 4.90 Å². The van der Waals surface area contributed by atoms with Gasteiger partial charge in [-0.3, -0.25) is 4.68 Å². The summed E-state index contributed by atoms with van der Waals surface area (Å²) in [6.07, 6.45) is 8.35. The highest BCUT2D eigenvalue weighted by Gasteiger charge is 2.36. The van der Waals surface area contributed by atoms with Crippen LogP contribution in [0.25, 0.3) is 0 Å². The summed E-state index contributed by atoms with van der Waals surface area (Å²) in [6, 6.07) is 0.364. The van der Waals surface area contributed by atoms with Crippen molar-refractivity contribution in [2.24, 2.45) is 0 Å². The average Bonchev–Trinajstić information content (AvgIpc) is 3.18. The molecule has 3 rings (SSSR count). The molecule has 0 amide bonds. The minimum atomic E-state index is -3.41. The monoisotopic (exact) mass is 325 g/mol. The zero-order valence-electron chi connectivity index (χ0n) is 13.9. The number of aromatic nitrogens is 2. The Hall–Kier alpha value is -0.880. The molecule has 1 aliphatic heterocycles. The van der Waals surface area contributed by atoms with Gasteiger partial charge < -0.3 is 0 Å². The smallest absolute Gasteiger partial charge is 0.246 e. The lowest BCUT2D eigenvalue weighted by atomic mass is 9.92. The summed E-state index contributed by atoms with van der Waals surface area (Å²) < 4.78 is 29.6. The summed E-state index contributed by atoms with van der Waals surface area (Å²) in [4.78, 5) is 0.425. The number of rotatable bonds is 3. The lowest BCUT2D eigenvalue weighted by Gasteiger charge is -2.20. The van der Waals surface area contributed by atoms with E-state index in [1.54, 1.807) is 10.5 Å². The highest BCUT2D eigenvalue weighted by molar-refractivity contribution is 7.89. The van der Waals surface area contributed by atoms with Crippen LogP contribution in [-0.2, 0) is 15.4 Å². The van der Waals surface area contributed by atoms with Gasteiger partial charge in [0.25, 0.3) is 0 Å². The third kappa shape index (κ3) is 2.83. The maximum atomic E-state index is 13.0. The fourth-order valence-corrected chi connectivity index (χ4v) is 5.36. The normalized spacial score (nSPS) is 21.8. The Morgan fingerprint density at radius 1 is 1.09 bits per heavy atom. The predicted molar refractivity (Wildman–Crippen MR) is 86.4 cm³/mol. The molecule has 1 aromatic rings. The van der Waals surface area contributed by atoms with Crippen LogP contribution < -0.4 is 0 Å². The van der Waals surface area contributed by atoms with Crippen LogP contribution in [0.4, 0.5) is 0 Å². The van der Waals surface area contributed by atoms with E-state index >= 15 is 0 Å².